The van der Waals surface area contributed by atoms with Gasteiger partial charge in [0.05, 0.1) is 6.61 Å². The maximum Gasteiger partial charge on any atom is 0.333 e. The molecule has 0 aromatic heterocycles. The van der Waals surface area contributed by atoms with Crippen LogP contribution in [0.1, 0.15) is 61.6 Å². The van der Waals surface area contributed by atoms with Crippen LogP contribution in [-0.2, 0) is 22.4 Å². The fourth-order valence-corrected chi connectivity index (χ4v) is 5.07. The molecule has 3 aromatic carbocycles. The minimum atomic E-state index is -0.437. The molecule has 3 aromatic rings. The van der Waals surface area contributed by atoms with Gasteiger partial charge in [0.15, 0.2) is 0 Å². The Bertz CT molecular complexity index is 1210. The van der Waals surface area contributed by atoms with Gasteiger partial charge < -0.3 is 9.84 Å². The summed E-state index contributed by atoms with van der Waals surface area (Å²) in [5.74, 6) is -0.0825. The second-order valence-electron chi connectivity index (χ2n) is 9.78. The second kappa shape index (κ2) is 12.1. The standard InChI is InChI=1S/C32H35FO3/c1-22(2)32(35)36-19-17-28-20-23(16-18-34)8-14-29(28)30-15-13-27(21-31(30)33)26-11-9-25(10-12-26)24-6-4-3-5-7-24/h8-15,20-21,24,34H,1,3-7,16-19H2,2H3. The van der Waals surface area contributed by atoms with Gasteiger partial charge in [-0.1, -0.05) is 80.4 Å². The van der Waals surface area contributed by atoms with E-state index in [1.807, 2.05) is 30.3 Å². The average Bonchev–Trinajstić information content (AvgIpc) is 2.90. The summed E-state index contributed by atoms with van der Waals surface area (Å²) in [6.45, 7) is 5.42. The summed E-state index contributed by atoms with van der Waals surface area (Å²) >= 11 is 0. The van der Waals surface area contributed by atoms with Gasteiger partial charge >= 0.3 is 5.97 Å². The highest BCUT2D eigenvalue weighted by atomic mass is 19.1. The van der Waals surface area contributed by atoms with Crippen LogP contribution in [0.15, 0.2) is 72.8 Å². The Morgan fingerprint density at radius 1 is 0.944 bits per heavy atom. The van der Waals surface area contributed by atoms with Gasteiger partial charge in [-0.3, -0.25) is 0 Å². The molecule has 0 bridgehead atoms. The van der Waals surface area contributed by atoms with Gasteiger partial charge in [-0.2, -0.15) is 0 Å². The lowest BCUT2D eigenvalue weighted by atomic mass is 9.83. The van der Waals surface area contributed by atoms with Crippen molar-refractivity contribution in [2.75, 3.05) is 13.2 Å². The van der Waals surface area contributed by atoms with Gasteiger partial charge in [0.25, 0.3) is 0 Å². The van der Waals surface area contributed by atoms with E-state index < -0.39 is 5.97 Å². The smallest absolute Gasteiger partial charge is 0.333 e. The maximum atomic E-state index is 15.4. The molecular weight excluding hydrogens is 451 g/mol. The number of benzene rings is 3. The van der Waals surface area contributed by atoms with E-state index in [9.17, 15) is 9.90 Å². The summed E-state index contributed by atoms with van der Waals surface area (Å²) in [6.07, 6.45) is 7.42. The van der Waals surface area contributed by atoms with E-state index in [0.717, 1.165) is 27.8 Å². The lowest BCUT2D eigenvalue weighted by Gasteiger charge is -2.22. The molecule has 0 heterocycles. The van der Waals surface area contributed by atoms with Crippen LogP contribution in [0.4, 0.5) is 4.39 Å². The van der Waals surface area contributed by atoms with Crippen LogP contribution < -0.4 is 0 Å². The molecule has 1 saturated carbocycles. The van der Waals surface area contributed by atoms with Crippen molar-refractivity contribution in [3.63, 3.8) is 0 Å². The first kappa shape index (κ1) is 25.8. The molecule has 36 heavy (non-hydrogen) atoms. The molecule has 3 nitrogen and oxygen atoms in total. The van der Waals surface area contributed by atoms with E-state index in [0.29, 0.717) is 29.9 Å². The third-order valence-corrected chi connectivity index (χ3v) is 7.10. The lowest BCUT2D eigenvalue weighted by molar-refractivity contribution is -0.138. The van der Waals surface area contributed by atoms with Crippen molar-refractivity contribution >= 4 is 5.97 Å². The van der Waals surface area contributed by atoms with Crippen molar-refractivity contribution in [1.82, 2.24) is 0 Å². The maximum absolute atomic E-state index is 15.4. The minimum absolute atomic E-state index is 0.0338. The molecule has 4 heteroatoms. The molecule has 188 valence electrons. The highest BCUT2D eigenvalue weighted by Crippen LogP contribution is 2.35. The molecule has 1 aliphatic rings. The third kappa shape index (κ3) is 6.30. The highest BCUT2D eigenvalue weighted by molar-refractivity contribution is 5.87. The van der Waals surface area contributed by atoms with Crippen molar-refractivity contribution in [2.45, 2.75) is 57.8 Å². The Balaban J connectivity index is 1.56. The molecular formula is C32H35FO3. The van der Waals surface area contributed by atoms with E-state index in [-0.39, 0.29) is 19.0 Å². The predicted octanol–water partition coefficient (Wildman–Crippen LogP) is 7.40. The monoisotopic (exact) mass is 486 g/mol. The number of rotatable bonds is 9. The van der Waals surface area contributed by atoms with E-state index in [1.165, 1.54) is 37.7 Å². The van der Waals surface area contributed by atoms with Crippen LogP contribution in [0.3, 0.4) is 0 Å². The zero-order valence-corrected chi connectivity index (χ0v) is 21.1. The van der Waals surface area contributed by atoms with Crippen molar-refractivity contribution in [3.05, 3.63) is 95.3 Å². The first-order chi connectivity index (χ1) is 17.5. The zero-order valence-electron chi connectivity index (χ0n) is 21.1. The van der Waals surface area contributed by atoms with E-state index in [2.05, 4.69) is 30.8 Å². The summed E-state index contributed by atoms with van der Waals surface area (Å²) in [5.41, 5.74) is 6.68. The zero-order chi connectivity index (χ0) is 25.5. The van der Waals surface area contributed by atoms with Crippen molar-refractivity contribution in [3.8, 4) is 22.3 Å². The van der Waals surface area contributed by atoms with Crippen molar-refractivity contribution < 1.29 is 19.0 Å². The Hall–Kier alpha value is -3.24. The fraction of sp³-hybridized carbons (Fsp3) is 0.344. The Morgan fingerprint density at radius 2 is 1.64 bits per heavy atom. The first-order valence-corrected chi connectivity index (χ1v) is 12.9. The van der Waals surface area contributed by atoms with Crippen LogP contribution in [-0.4, -0.2) is 24.3 Å². The molecule has 0 spiro atoms. The van der Waals surface area contributed by atoms with Crippen molar-refractivity contribution in [2.24, 2.45) is 0 Å². The molecule has 0 atom stereocenters. The summed E-state index contributed by atoms with van der Waals surface area (Å²) in [6, 6.07) is 19.7. The van der Waals surface area contributed by atoms with Gasteiger partial charge in [0.1, 0.15) is 5.82 Å². The number of hydrogen-bond donors (Lipinski definition) is 1. The number of halogens is 1. The summed E-state index contributed by atoms with van der Waals surface area (Å²) in [4.78, 5) is 11.8. The number of carbonyl (C=O) groups excluding carboxylic acids is 1. The van der Waals surface area contributed by atoms with Crippen molar-refractivity contribution in [1.29, 1.82) is 0 Å². The van der Waals surface area contributed by atoms with Crippen LogP contribution in [0.5, 0.6) is 0 Å². The molecule has 0 amide bonds. The van der Waals surface area contributed by atoms with E-state index >= 15 is 4.39 Å². The average molecular weight is 487 g/mol. The molecule has 1 fully saturated rings. The molecule has 0 saturated heterocycles. The summed E-state index contributed by atoms with van der Waals surface area (Å²) < 4.78 is 20.7. The Morgan fingerprint density at radius 3 is 2.31 bits per heavy atom. The van der Waals surface area contributed by atoms with E-state index in [1.54, 1.807) is 13.0 Å². The SMILES string of the molecule is C=C(C)C(=O)OCCc1cc(CCO)ccc1-c1ccc(-c2ccc(C3CCCCC3)cc2)cc1F. The van der Waals surface area contributed by atoms with Gasteiger partial charge in [0.2, 0.25) is 0 Å². The third-order valence-electron chi connectivity index (χ3n) is 7.10. The quantitative estimate of drug-likeness (QED) is 0.253. The number of aliphatic hydroxyl groups excluding tert-OH is 1. The summed E-state index contributed by atoms with van der Waals surface area (Å²) in [7, 11) is 0. The number of hydrogen-bond acceptors (Lipinski definition) is 3. The van der Waals surface area contributed by atoms with Crippen LogP contribution in [0, 0.1) is 5.82 Å². The first-order valence-electron chi connectivity index (χ1n) is 12.9. The molecule has 0 radical (unpaired) electrons. The predicted molar refractivity (Wildman–Crippen MR) is 143 cm³/mol. The number of esters is 1. The minimum Gasteiger partial charge on any atom is -0.462 e. The fourth-order valence-electron chi connectivity index (χ4n) is 5.07. The second-order valence-corrected chi connectivity index (χ2v) is 9.78. The molecule has 0 unspecified atom stereocenters. The lowest BCUT2D eigenvalue weighted by Crippen LogP contribution is -2.09. The largest absolute Gasteiger partial charge is 0.462 e. The molecule has 4 rings (SSSR count). The van der Waals surface area contributed by atoms with Gasteiger partial charge in [0, 0.05) is 24.2 Å². The Labute approximate surface area is 213 Å². The van der Waals surface area contributed by atoms with Crippen LogP contribution >= 0.6 is 0 Å². The van der Waals surface area contributed by atoms with Gasteiger partial charge in [-0.25, -0.2) is 9.18 Å². The van der Waals surface area contributed by atoms with Crippen LogP contribution in [0.25, 0.3) is 22.3 Å². The number of carbonyl (C=O) groups is 1. The topological polar surface area (TPSA) is 46.5 Å². The molecule has 1 aliphatic carbocycles. The van der Waals surface area contributed by atoms with Crippen LogP contribution in [0.2, 0.25) is 0 Å². The number of ether oxygens (including phenoxy) is 1. The van der Waals surface area contributed by atoms with E-state index in [4.69, 9.17) is 4.74 Å². The molecule has 1 N–H and O–H groups in total. The Kier molecular flexibility index (Phi) is 8.71. The van der Waals surface area contributed by atoms with Gasteiger partial charge in [-0.05, 0) is 71.6 Å². The number of aliphatic hydroxyl groups is 1. The highest BCUT2D eigenvalue weighted by Gasteiger charge is 2.16. The normalized spacial score (nSPS) is 14.0. The summed E-state index contributed by atoms with van der Waals surface area (Å²) in [5, 5.41) is 9.34. The van der Waals surface area contributed by atoms with Gasteiger partial charge in [-0.15, -0.1) is 0 Å². The molecule has 0 aliphatic heterocycles.